The SMILES string of the molecule is CN1CC2(C1)CN(C(=O)c1nc[nH]c1C(=O)N[C@H]1CC[C@@]3(CCN(c4ccc(F)cc4Cl)C3=O)CC1)C2. The number of rotatable bonds is 4. The van der Waals surface area contributed by atoms with Crippen molar-refractivity contribution in [2.24, 2.45) is 10.8 Å². The number of aromatic nitrogens is 2. The zero-order chi connectivity index (χ0) is 25.9. The van der Waals surface area contributed by atoms with Gasteiger partial charge in [0.25, 0.3) is 11.8 Å². The topological polar surface area (TPSA) is 102 Å². The first-order chi connectivity index (χ1) is 17.7. The van der Waals surface area contributed by atoms with Gasteiger partial charge in [0.2, 0.25) is 5.91 Å². The summed E-state index contributed by atoms with van der Waals surface area (Å²) < 4.78 is 13.5. The number of hydrogen-bond donors (Lipinski definition) is 2. The Morgan fingerprint density at radius 1 is 1.16 bits per heavy atom. The van der Waals surface area contributed by atoms with Gasteiger partial charge in [-0.1, -0.05) is 11.6 Å². The molecule has 3 aliphatic heterocycles. The minimum Gasteiger partial charge on any atom is -0.348 e. The number of halogens is 2. The number of imidazole rings is 1. The lowest BCUT2D eigenvalue weighted by Gasteiger charge is -2.59. The Hall–Kier alpha value is -2.98. The van der Waals surface area contributed by atoms with Gasteiger partial charge in [0, 0.05) is 44.2 Å². The maximum absolute atomic E-state index is 13.5. The molecule has 6 rings (SSSR count). The molecule has 2 spiro atoms. The monoisotopic (exact) mass is 528 g/mol. The highest BCUT2D eigenvalue weighted by atomic mass is 35.5. The van der Waals surface area contributed by atoms with Gasteiger partial charge in [0.15, 0.2) is 5.69 Å². The van der Waals surface area contributed by atoms with E-state index >= 15 is 0 Å². The molecular weight excluding hydrogens is 499 g/mol. The molecule has 0 unspecified atom stereocenters. The van der Waals surface area contributed by atoms with Gasteiger partial charge >= 0.3 is 0 Å². The van der Waals surface area contributed by atoms with Crippen molar-refractivity contribution in [2.75, 3.05) is 44.7 Å². The van der Waals surface area contributed by atoms with Crippen LogP contribution in [0.1, 0.15) is 53.1 Å². The number of likely N-dealkylation sites (tertiary alicyclic amines) is 2. The number of amides is 3. The molecule has 37 heavy (non-hydrogen) atoms. The van der Waals surface area contributed by atoms with Crippen molar-refractivity contribution < 1.29 is 18.8 Å². The molecule has 1 saturated carbocycles. The van der Waals surface area contributed by atoms with Gasteiger partial charge in [-0.25, -0.2) is 9.37 Å². The van der Waals surface area contributed by atoms with Crippen molar-refractivity contribution in [1.29, 1.82) is 0 Å². The van der Waals surface area contributed by atoms with E-state index in [0.29, 0.717) is 57.4 Å². The summed E-state index contributed by atoms with van der Waals surface area (Å²) in [5, 5.41) is 3.27. The molecule has 196 valence electrons. The molecule has 1 aliphatic carbocycles. The Morgan fingerprint density at radius 2 is 1.89 bits per heavy atom. The molecule has 4 heterocycles. The molecule has 3 saturated heterocycles. The van der Waals surface area contributed by atoms with Crippen LogP contribution in [0, 0.1) is 16.6 Å². The number of nitrogens with zero attached hydrogens (tertiary/aromatic N) is 4. The Bertz CT molecular complexity index is 1260. The van der Waals surface area contributed by atoms with Gasteiger partial charge in [0.05, 0.1) is 22.5 Å². The predicted molar refractivity (Wildman–Crippen MR) is 135 cm³/mol. The summed E-state index contributed by atoms with van der Waals surface area (Å²) in [4.78, 5) is 52.1. The van der Waals surface area contributed by atoms with Gasteiger partial charge in [-0.15, -0.1) is 0 Å². The third-order valence-corrected chi connectivity index (χ3v) is 8.91. The van der Waals surface area contributed by atoms with E-state index in [9.17, 15) is 18.8 Å². The van der Waals surface area contributed by atoms with Crippen LogP contribution in [0.25, 0.3) is 0 Å². The molecule has 4 fully saturated rings. The molecular formula is C26H30ClFN6O3. The number of benzene rings is 1. The Kier molecular flexibility index (Phi) is 5.80. The van der Waals surface area contributed by atoms with Crippen LogP contribution in [0.3, 0.4) is 0 Å². The van der Waals surface area contributed by atoms with E-state index in [-0.39, 0.29) is 45.6 Å². The number of anilines is 1. The number of carbonyl (C=O) groups is 3. The summed E-state index contributed by atoms with van der Waals surface area (Å²) in [6.07, 6.45) is 4.68. The normalized spacial score (nSPS) is 26.9. The fourth-order valence-electron chi connectivity index (χ4n) is 6.77. The van der Waals surface area contributed by atoms with Crippen molar-refractivity contribution in [3.63, 3.8) is 0 Å². The van der Waals surface area contributed by atoms with Crippen molar-refractivity contribution >= 4 is 35.0 Å². The summed E-state index contributed by atoms with van der Waals surface area (Å²) in [6, 6.07) is 3.99. The molecule has 0 radical (unpaired) electrons. The Morgan fingerprint density at radius 3 is 2.57 bits per heavy atom. The van der Waals surface area contributed by atoms with Crippen LogP contribution in [0.2, 0.25) is 5.02 Å². The smallest absolute Gasteiger partial charge is 0.274 e. The van der Waals surface area contributed by atoms with Crippen molar-refractivity contribution in [3.8, 4) is 0 Å². The fraction of sp³-hybridized carbons (Fsp3) is 0.538. The van der Waals surface area contributed by atoms with E-state index in [1.807, 2.05) is 0 Å². The quantitative estimate of drug-likeness (QED) is 0.635. The summed E-state index contributed by atoms with van der Waals surface area (Å²) in [6.45, 7) is 3.91. The highest BCUT2D eigenvalue weighted by molar-refractivity contribution is 6.34. The van der Waals surface area contributed by atoms with Crippen molar-refractivity contribution in [2.45, 2.75) is 38.1 Å². The maximum atomic E-state index is 13.5. The Balaban J connectivity index is 1.05. The summed E-state index contributed by atoms with van der Waals surface area (Å²) in [7, 11) is 2.07. The van der Waals surface area contributed by atoms with Crippen LogP contribution in [-0.4, -0.2) is 83.3 Å². The fourth-order valence-corrected chi connectivity index (χ4v) is 7.04. The standard InChI is InChI=1S/C26H30ClFN6O3/c1-32-11-25(12-32)13-33(14-25)23(36)21-20(29-15-30-21)22(35)31-17-4-6-26(7-5-17)8-9-34(24(26)37)19-3-2-16(28)10-18(19)27/h2-3,10,15,17H,4-9,11-14H2,1H3,(H,29,30)(H,31,35)/t17-,26-. The lowest BCUT2D eigenvalue weighted by molar-refractivity contribution is -0.127. The molecule has 2 aromatic rings. The number of hydrogen-bond acceptors (Lipinski definition) is 5. The number of H-pyrrole nitrogens is 1. The maximum Gasteiger partial charge on any atom is 0.274 e. The van der Waals surface area contributed by atoms with Crippen LogP contribution < -0.4 is 10.2 Å². The highest BCUT2D eigenvalue weighted by Crippen LogP contribution is 2.47. The summed E-state index contributed by atoms with van der Waals surface area (Å²) in [5.41, 5.74) is 0.596. The van der Waals surface area contributed by atoms with Gasteiger partial charge in [-0.2, -0.15) is 0 Å². The minimum absolute atomic E-state index is 0.0113. The molecule has 2 N–H and O–H groups in total. The first-order valence-corrected chi connectivity index (χ1v) is 13.2. The Labute approximate surface area is 219 Å². The lowest BCUT2D eigenvalue weighted by Crippen LogP contribution is -2.72. The van der Waals surface area contributed by atoms with Crippen LogP contribution in [0.15, 0.2) is 24.5 Å². The van der Waals surface area contributed by atoms with E-state index in [4.69, 9.17) is 11.6 Å². The van der Waals surface area contributed by atoms with E-state index in [1.54, 1.807) is 15.9 Å². The van der Waals surface area contributed by atoms with Gasteiger partial charge in [0.1, 0.15) is 11.5 Å². The van der Waals surface area contributed by atoms with Gasteiger partial charge in [-0.3, -0.25) is 14.4 Å². The number of nitrogens with one attached hydrogen (secondary N) is 2. The first-order valence-electron chi connectivity index (χ1n) is 12.8. The van der Waals surface area contributed by atoms with Crippen LogP contribution in [0.4, 0.5) is 10.1 Å². The van der Waals surface area contributed by atoms with Gasteiger partial charge < -0.3 is 25.0 Å². The average Bonchev–Trinajstić information content (AvgIpc) is 3.43. The second kappa shape index (κ2) is 8.80. The zero-order valence-electron chi connectivity index (χ0n) is 20.7. The summed E-state index contributed by atoms with van der Waals surface area (Å²) in [5.74, 6) is -0.992. The highest BCUT2D eigenvalue weighted by Gasteiger charge is 2.53. The molecule has 4 aliphatic rings. The van der Waals surface area contributed by atoms with Crippen LogP contribution >= 0.6 is 11.6 Å². The third kappa shape index (κ3) is 4.10. The average molecular weight is 529 g/mol. The van der Waals surface area contributed by atoms with Crippen LogP contribution in [0.5, 0.6) is 0 Å². The largest absolute Gasteiger partial charge is 0.348 e. The lowest BCUT2D eigenvalue weighted by atomic mass is 9.71. The van der Waals surface area contributed by atoms with E-state index in [1.165, 1.54) is 18.5 Å². The van der Waals surface area contributed by atoms with Crippen molar-refractivity contribution in [3.05, 3.63) is 46.8 Å². The molecule has 0 atom stereocenters. The first kappa shape index (κ1) is 24.4. The zero-order valence-corrected chi connectivity index (χ0v) is 21.5. The molecule has 0 bridgehead atoms. The predicted octanol–water partition coefficient (Wildman–Crippen LogP) is 2.69. The number of carbonyl (C=O) groups excluding carboxylic acids is 3. The van der Waals surface area contributed by atoms with E-state index in [2.05, 4.69) is 27.2 Å². The molecule has 11 heteroatoms. The second-order valence-corrected chi connectivity index (χ2v) is 11.7. The summed E-state index contributed by atoms with van der Waals surface area (Å²) >= 11 is 6.21. The van der Waals surface area contributed by atoms with E-state index in [0.717, 1.165) is 13.1 Å². The minimum atomic E-state index is -0.489. The van der Waals surface area contributed by atoms with Gasteiger partial charge in [-0.05, 0) is 57.4 Å². The molecule has 3 amide bonds. The number of aromatic amines is 1. The molecule has 1 aromatic carbocycles. The third-order valence-electron chi connectivity index (χ3n) is 8.61. The second-order valence-electron chi connectivity index (χ2n) is 11.3. The van der Waals surface area contributed by atoms with Crippen molar-refractivity contribution in [1.82, 2.24) is 25.1 Å². The molecule has 1 aromatic heterocycles. The van der Waals surface area contributed by atoms with Crippen LogP contribution in [-0.2, 0) is 4.79 Å². The van der Waals surface area contributed by atoms with E-state index < -0.39 is 11.2 Å². The molecule has 9 nitrogen and oxygen atoms in total.